The second-order valence-electron chi connectivity index (χ2n) is 4.51. The van der Waals surface area contributed by atoms with Crippen LogP contribution in [0.5, 0.6) is 0 Å². The first kappa shape index (κ1) is 14.5. The molecule has 1 aromatic carbocycles. The molecule has 0 aliphatic heterocycles. The molecule has 3 nitrogen and oxygen atoms in total. The quantitative estimate of drug-likeness (QED) is 0.858. The number of amides is 1. The van der Waals surface area contributed by atoms with Crippen LogP contribution in [0.15, 0.2) is 42.5 Å². The monoisotopic (exact) mass is 288 g/mol. The van der Waals surface area contributed by atoms with Crippen molar-refractivity contribution in [3.63, 3.8) is 0 Å². The van der Waals surface area contributed by atoms with Gasteiger partial charge in [-0.1, -0.05) is 48.9 Å². The first-order valence-electron chi connectivity index (χ1n) is 6.67. The van der Waals surface area contributed by atoms with Crippen LogP contribution in [0.1, 0.15) is 28.5 Å². The van der Waals surface area contributed by atoms with Gasteiger partial charge in [0.1, 0.15) is 5.15 Å². The van der Waals surface area contributed by atoms with E-state index in [0.29, 0.717) is 17.3 Å². The predicted octanol–water partition coefficient (Wildman–Crippen LogP) is 3.27. The van der Waals surface area contributed by atoms with E-state index in [-0.39, 0.29) is 5.91 Å². The Morgan fingerprint density at radius 2 is 2.00 bits per heavy atom. The average molecular weight is 289 g/mol. The summed E-state index contributed by atoms with van der Waals surface area (Å²) in [4.78, 5) is 16.2. The summed E-state index contributed by atoms with van der Waals surface area (Å²) in [6.45, 7) is 2.58. The third kappa shape index (κ3) is 4.07. The van der Waals surface area contributed by atoms with Crippen molar-refractivity contribution in [2.75, 3.05) is 6.54 Å². The fourth-order valence-corrected chi connectivity index (χ4v) is 2.16. The molecule has 1 amide bonds. The highest BCUT2D eigenvalue weighted by atomic mass is 35.5. The van der Waals surface area contributed by atoms with Gasteiger partial charge >= 0.3 is 0 Å². The third-order valence-electron chi connectivity index (χ3n) is 3.01. The molecule has 0 atom stereocenters. The fraction of sp³-hybridized carbons (Fsp3) is 0.250. The molecule has 20 heavy (non-hydrogen) atoms. The van der Waals surface area contributed by atoms with Crippen LogP contribution in [0.3, 0.4) is 0 Å². The molecule has 0 bridgehead atoms. The maximum absolute atomic E-state index is 12.1. The molecule has 1 N–H and O–H groups in total. The SMILES string of the molecule is CCc1cc(C(=O)NCCc2ccccc2)cc(Cl)n1. The summed E-state index contributed by atoms with van der Waals surface area (Å²) in [6.07, 6.45) is 1.57. The summed E-state index contributed by atoms with van der Waals surface area (Å²) in [5.41, 5.74) is 2.59. The Kier molecular flexibility index (Phi) is 5.13. The van der Waals surface area contributed by atoms with E-state index in [9.17, 15) is 4.79 Å². The Morgan fingerprint density at radius 1 is 1.25 bits per heavy atom. The molecule has 2 rings (SSSR count). The number of aryl methyl sites for hydroxylation is 1. The number of halogens is 1. The molecular weight excluding hydrogens is 272 g/mol. The smallest absolute Gasteiger partial charge is 0.251 e. The molecule has 0 radical (unpaired) electrons. The zero-order valence-electron chi connectivity index (χ0n) is 11.4. The van der Waals surface area contributed by atoms with Crippen molar-refractivity contribution in [2.24, 2.45) is 0 Å². The van der Waals surface area contributed by atoms with Gasteiger partial charge in [0.05, 0.1) is 0 Å². The van der Waals surface area contributed by atoms with Crippen molar-refractivity contribution in [3.05, 3.63) is 64.4 Å². The van der Waals surface area contributed by atoms with Crippen LogP contribution in [0.4, 0.5) is 0 Å². The summed E-state index contributed by atoms with van der Waals surface area (Å²) in [5.74, 6) is -0.111. The van der Waals surface area contributed by atoms with Crippen molar-refractivity contribution < 1.29 is 4.79 Å². The van der Waals surface area contributed by atoms with Gasteiger partial charge in [-0.25, -0.2) is 4.98 Å². The lowest BCUT2D eigenvalue weighted by Crippen LogP contribution is -2.25. The summed E-state index contributed by atoms with van der Waals surface area (Å²) < 4.78 is 0. The fourth-order valence-electron chi connectivity index (χ4n) is 1.93. The molecule has 4 heteroatoms. The van der Waals surface area contributed by atoms with Gasteiger partial charge in [0.25, 0.3) is 5.91 Å². The maximum atomic E-state index is 12.1. The van der Waals surface area contributed by atoms with E-state index < -0.39 is 0 Å². The molecule has 0 aliphatic rings. The summed E-state index contributed by atoms with van der Waals surface area (Å²) in [7, 11) is 0. The van der Waals surface area contributed by atoms with Crippen molar-refractivity contribution in [1.82, 2.24) is 10.3 Å². The molecule has 1 aromatic heterocycles. The zero-order chi connectivity index (χ0) is 14.4. The normalized spacial score (nSPS) is 10.3. The van der Waals surface area contributed by atoms with Crippen LogP contribution < -0.4 is 5.32 Å². The number of hydrogen-bond acceptors (Lipinski definition) is 2. The van der Waals surface area contributed by atoms with E-state index in [1.807, 2.05) is 37.3 Å². The lowest BCUT2D eigenvalue weighted by atomic mass is 10.1. The number of rotatable bonds is 5. The van der Waals surface area contributed by atoms with Gasteiger partial charge in [-0.05, 0) is 30.5 Å². The topological polar surface area (TPSA) is 42.0 Å². The number of nitrogens with zero attached hydrogens (tertiary/aromatic N) is 1. The van der Waals surface area contributed by atoms with Crippen molar-refractivity contribution in [1.29, 1.82) is 0 Å². The molecule has 0 aliphatic carbocycles. The largest absolute Gasteiger partial charge is 0.352 e. The van der Waals surface area contributed by atoms with E-state index in [4.69, 9.17) is 11.6 Å². The van der Waals surface area contributed by atoms with E-state index >= 15 is 0 Å². The highest BCUT2D eigenvalue weighted by molar-refractivity contribution is 6.29. The van der Waals surface area contributed by atoms with Crippen LogP contribution in [0, 0.1) is 0 Å². The first-order chi connectivity index (χ1) is 9.69. The lowest BCUT2D eigenvalue weighted by Gasteiger charge is -2.07. The minimum atomic E-state index is -0.111. The summed E-state index contributed by atoms with van der Waals surface area (Å²) >= 11 is 5.91. The number of pyridine rings is 1. The van der Waals surface area contributed by atoms with Crippen molar-refractivity contribution in [3.8, 4) is 0 Å². The standard InChI is InChI=1S/C16H17ClN2O/c1-2-14-10-13(11-15(17)19-14)16(20)18-9-8-12-6-4-3-5-7-12/h3-7,10-11H,2,8-9H2,1H3,(H,18,20). The Labute approximate surface area is 124 Å². The van der Waals surface area contributed by atoms with Gasteiger partial charge in [-0.3, -0.25) is 4.79 Å². The van der Waals surface area contributed by atoms with Crippen molar-refractivity contribution in [2.45, 2.75) is 19.8 Å². The number of nitrogens with one attached hydrogen (secondary N) is 1. The van der Waals surface area contributed by atoms with Gasteiger partial charge in [0, 0.05) is 17.8 Å². The molecule has 104 valence electrons. The molecule has 2 aromatic rings. The van der Waals surface area contributed by atoms with Crippen LogP contribution in [-0.4, -0.2) is 17.4 Å². The van der Waals surface area contributed by atoms with E-state index in [1.165, 1.54) is 5.56 Å². The van der Waals surface area contributed by atoms with Gasteiger partial charge in [0.15, 0.2) is 0 Å². The molecule has 0 spiro atoms. The Balaban J connectivity index is 1.93. The molecule has 0 unspecified atom stereocenters. The molecule has 0 saturated carbocycles. The predicted molar refractivity (Wildman–Crippen MR) is 81.1 cm³/mol. The highest BCUT2D eigenvalue weighted by Crippen LogP contribution is 2.11. The Hall–Kier alpha value is -1.87. The van der Waals surface area contributed by atoms with E-state index in [1.54, 1.807) is 12.1 Å². The van der Waals surface area contributed by atoms with Crippen LogP contribution in [0.2, 0.25) is 5.15 Å². The van der Waals surface area contributed by atoms with Gasteiger partial charge in [0.2, 0.25) is 0 Å². The number of carbonyl (C=O) groups is 1. The van der Waals surface area contributed by atoms with Crippen LogP contribution >= 0.6 is 11.6 Å². The van der Waals surface area contributed by atoms with Crippen LogP contribution in [0.25, 0.3) is 0 Å². The summed E-state index contributed by atoms with van der Waals surface area (Å²) in [6, 6.07) is 13.4. The van der Waals surface area contributed by atoms with Gasteiger partial charge in [-0.2, -0.15) is 0 Å². The lowest BCUT2D eigenvalue weighted by molar-refractivity contribution is 0.0954. The number of hydrogen-bond donors (Lipinski definition) is 1. The zero-order valence-corrected chi connectivity index (χ0v) is 12.2. The summed E-state index contributed by atoms with van der Waals surface area (Å²) in [5, 5.41) is 3.26. The third-order valence-corrected chi connectivity index (χ3v) is 3.21. The second-order valence-corrected chi connectivity index (χ2v) is 4.90. The maximum Gasteiger partial charge on any atom is 0.251 e. The molecule has 0 saturated heterocycles. The minimum Gasteiger partial charge on any atom is -0.352 e. The molecule has 1 heterocycles. The number of benzene rings is 1. The van der Waals surface area contributed by atoms with Gasteiger partial charge in [-0.15, -0.1) is 0 Å². The number of carbonyl (C=O) groups excluding carboxylic acids is 1. The Morgan fingerprint density at radius 3 is 2.70 bits per heavy atom. The molecular formula is C16H17ClN2O. The number of aromatic nitrogens is 1. The average Bonchev–Trinajstić information content (AvgIpc) is 2.47. The van der Waals surface area contributed by atoms with E-state index in [0.717, 1.165) is 18.5 Å². The van der Waals surface area contributed by atoms with Crippen LogP contribution in [-0.2, 0) is 12.8 Å². The second kappa shape index (κ2) is 7.06. The Bertz CT molecular complexity index is 584. The highest BCUT2D eigenvalue weighted by Gasteiger charge is 2.08. The molecule has 0 fully saturated rings. The first-order valence-corrected chi connectivity index (χ1v) is 7.05. The van der Waals surface area contributed by atoms with Gasteiger partial charge < -0.3 is 5.32 Å². The van der Waals surface area contributed by atoms with Crippen molar-refractivity contribution >= 4 is 17.5 Å². The minimum absolute atomic E-state index is 0.111. The van der Waals surface area contributed by atoms with E-state index in [2.05, 4.69) is 10.3 Å².